The number of carbonyl (C=O) groups excluding carboxylic acids is 2. The molecule has 0 aromatic carbocycles. The van der Waals surface area contributed by atoms with Crippen molar-refractivity contribution in [3.63, 3.8) is 0 Å². The zero-order valence-electron chi connectivity index (χ0n) is 10.7. The van der Waals surface area contributed by atoms with E-state index >= 15 is 0 Å². The number of rotatable bonds is 8. The maximum absolute atomic E-state index is 11.4. The van der Waals surface area contributed by atoms with Crippen LogP contribution in [0.4, 0.5) is 5.82 Å². The minimum absolute atomic E-state index is 0.100. The van der Waals surface area contributed by atoms with Gasteiger partial charge in [0.1, 0.15) is 12.4 Å². The summed E-state index contributed by atoms with van der Waals surface area (Å²) in [6.07, 6.45) is 1.44. The molecule has 19 heavy (non-hydrogen) atoms. The van der Waals surface area contributed by atoms with Crippen LogP contribution in [0.15, 0.2) is 18.3 Å². The molecule has 0 unspecified atom stereocenters. The van der Waals surface area contributed by atoms with Crippen LogP contribution in [0.1, 0.15) is 17.3 Å². The van der Waals surface area contributed by atoms with E-state index in [1.165, 1.54) is 6.20 Å². The van der Waals surface area contributed by atoms with Gasteiger partial charge >= 0.3 is 5.97 Å². The van der Waals surface area contributed by atoms with Gasteiger partial charge in [-0.2, -0.15) is 0 Å². The first kappa shape index (κ1) is 14.9. The number of carbonyl (C=O) groups is 2. The Kier molecular flexibility index (Phi) is 6.31. The fourth-order valence-electron chi connectivity index (χ4n) is 1.26. The smallest absolute Gasteiger partial charge is 0.339 e. The molecule has 7 nitrogen and oxygen atoms in total. The number of anilines is 1. The Morgan fingerprint density at radius 3 is 2.79 bits per heavy atom. The van der Waals surface area contributed by atoms with Gasteiger partial charge in [0.2, 0.25) is 5.91 Å². The largest absolute Gasteiger partial charge is 0.462 e. The maximum Gasteiger partial charge on any atom is 0.339 e. The second-order valence-electron chi connectivity index (χ2n) is 3.60. The Morgan fingerprint density at radius 1 is 1.42 bits per heavy atom. The third kappa shape index (κ3) is 5.82. The third-order valence-corrected chi connectivity index (χ3v) is 2.07. The third-order valence-electron chi connectivity index (χ3n) is 2.07. The molecule has 0 bridgehead atoms. The molecule has 0 fully saturated rings. The lowest BCUT2D eigenvalue weighted by atomic mass is 10.3. The average Bonchev–Trinajstić information content (AvgIpc) is 2.39. The zero-order valence-corrected chi connectivity index (χ0v) is 10.7. The lowest BCUT2D eigenvalue weighted by molar-refractivity contribution is -0.122. The monoisotopic (exact) mass is 267 g/mol. The topological polar surface area (TPSA) is 104 Å². The number of aromatic nitrogens is 1. The van der Waals surface area contributed by atoms with Gasteiger partial charge in [0.05, 0.1) is 18.8 Å². The number of amides is 1. The number of ether oxygens (including phenoxy) is 2. The summed E-state index contributed by atoms with van der Waals surface area (Å²) >= 11 is 0. The van der Waals surface area contributed by atoms with Crippen molar-refractivity contribution in [2.75, 3.05) is 31.7 Å². The highest BCUT2D eigenvalue weighted by molar-refractivity contribution is 5.89. The van der Waals surface area contributed by atoms with E-state index in [4.69, 9.17) is 15.2 Å². The Balaban J connectivity index is 2.32. The Bertz CT molecular complexity index is 419. The number of hydrogen-bond acceptors (Lipinski definition) is 6. The molecule has 1 amide bonds. The van der Waals surface area contributed by atoms with Crippen LogP contribution in [-0.4, -0.2) is 43.2 Å². The van der Waals surface area contributed by atoms with Crippen molar-refractivity contribution >= 4 is 17.7 Å². The molecule has 1 rings (SSSR count). The molecule has 0 aliphatic rings. The standard InChI is InChI=1S/C12H17N3O4/c1-2-19-12(17)9-3-4-11(15-7-9)14-5-6-18-8-10(13)16/h3-4,7H,2,5-6,8H2,1H3,(H2,13,16)(H,14,15). The molecule has 1 aromatic rings. The van der Waals surface area contributed by atoms with Crippen molar-refractivity contribution in [2.45, 2.75) is 6.92 Å². The molecule has 3 N–H and O–H groups in total. The van der Waals surface area contributed by atoms with E-state index < -0.39 is 11.9 Å². The molecule has 0 radical (unpaired) electrons. The second-order valence-corrected chi connectivity index (χ2v) is 3.60. The molecule has 104 valence electrons. The number of nitrogens with two attached hydrogens (primary N) is 1. The minimum Gasteiger partial charge on any atom is -0.462 e. The van der Waals surface area contributed by atoms with E-state index in [0.717, 1.165) is 0 Å². The summed E-state index contributed by atoms with van der Waals surface area (Å²) in [5.74, 6) is -0.293. The van der Waals surface area contributed by atoms with Crippen LogP contribution in [0, 0.1) is 0 Å². The molecule has 0 aliphatic heterocycles. The predicted molar refractivity (Wildman–Crippen MR) is 68.7 cm³/mol. The SMILES string of the molecule is CCOC(=O)c1ccc(NCCOCC(N)=O)nc1. The predicted octanol–water partition coefficient (Wildman–Crippen LogP) is 0.172. The summed E-state index contributed by atoms with van der Waals surface area (Å²) in [7, 11) is 0. The van der Waals surface area contributed by atoms with E-state index in [2.05, 4.69) is 10.3 Å². The van der Waals surface area contributed by atoms with Crippen LogP contribution < -0.4 is 11.1 Å². The van der Waals surface area contributed by atoms with E-state index in [1.54, 1.807) is 19.1 Å². The summed E-state index contributed by atoms with van der Waals surface area (Å²) in [5, 5.41) is 2.98. The van der Waals surface area contributed by atoms with Crippen molar-refractivity contribution in [1.82, 2.24) is 4.98 Å². The second kappa shape index (κ2) is 8.04. The molecule has 0 saturated carbocycles. The lowest BCUT2D eigenvalue weighted by Crippen LogP contribution is -2.20. The number of nitrogens with zero attached hydrogens (tertiary/aromatic N) is 1. The normalized spacial score (nSPS) is 9.95. The van der Waals surface area contributed by atoms with Gasteiger partial charge < -0.3 is 20.5 Å². The highest BCUT2D eigenvalue weighted by Gasteiger charge is 2.06. The van der Waals surface area contributed by atoms with E-state index in [0.29, 0.717) is 31.1 Å². The Hall–Kier alpha value is -2.15. The number of pyridine rings is 1. The molecule has 7 heteroatoms. The molecule has 0 saturated heterocycles. The molecule has 0 atom stereocenters. The molecule has 1 aromatic heterocycles. The van der Waals surface area contributed by atoms with Gasteiger partial charge in [-0.1, -0.05) is 0 Å². The fourth-order valence-corrected chi connectivity index (χ4v) is 1.26. The van der Waals surface area contributed by atoms with Gasteiger partial charge in [0.15, 0.2) is 0 Å². The van der Waals surface area contributed by atoms with Crippen LogP contribution in [0.25, 0.3) is 0 Å². The van der Waals surface area contributed by atoms with Gasteiger partial charge in [-0.25, -0.2) is 9.78 Å². The number of primary amides is 1. The van der Waals surface area contributed by atoms with Gasteiger partial charge in [0, 0.05) is 12.7 Å². The van der Waals surface area contributed by atoms with Gasteiger partial charge in [0.25, 0.3) is 0 Å². The summed E-state index contributed by atoms with van der Waals surface area (Å²) in [4.78, 5) is 25.8. The Labute approximate surface area is 111 Å². The molecular formula is C12H17N3O4. The highest BCUT2D eigenvalue weighted by atomic mass is 16.5. The van der Waals surface area contributed by atoms with Gasteiger partial charge in [-0.05, 0) is 19.1 Å². The zero-order chi connectivity index (χ0) is 14.1. The average molecular weight is 267 g/mol. The number of nitrogens with one attached hydrogen (secondary N) is 1. The summed E-state index contributed by atoms with van der Waals surface area (Å²) in [6.45, 7) is 2.80. The van der Waals surface area contributed by atoms with Crippen LogP contribution >= 0.6 is 0 Å². The Morgan fingerprint density at radius 2 is 2.21 bits per heavy atom. The van der Waals surface area contributed by atoms with Crippen LogP contribution in [-0.2, 0) is 14.3 Å². The van der Waals surface area contributed by atoms with Gasteiger partial charge in [-0.15, -0.1) is 0 Å². The van der Waals surface area contributed by atoms with Crippen molar-refractivity contribution in [2.24, 2.45) is 5.73 Å². The van der Waals surface area contributed by atoms with Crippen LogP contribution in [0.3, 0.4) is 0 Å². The highest BCUT2D eigenvalue weighted by Crippen LogP contribution is 2.06. The summed E-state index contributed by atoms with van der Waals surface area (Å²) < 4.78 is 9.81. The van der Waals surface area contributed by atoms with Crippen LogP contribution in [0.2, 0.25) is 0 Å². The van der Waals surface area contributed by atoms with E-state index in [9.17, 15) is 9.59 Å². The fraction of sp³-hybridized carbons (Fsp3) is 0.417. The first-order valence-corrected chi connectivity index (χ1v) is 5.86. The molecule has 1 heterocycles. The summed E-state index contributed by atoms with van der Waals surface area (Å²) in [5.41, 5.74) is 5.32. The van der Waals surface area contributed by atoms with Crippen molar-refractivity contribution in [3.8, 4) is 0 Å². The van der Waals surface area contributed by atoms with Crippen LogP contribution in [0.5, 0.6) is 0 Å². The molecule has 0 spiro atoms. The maximum atomic E-state index is 11.4. The van der Waals surface area contributed by atoms with Crippen molar-refractivity contribution in [3.05, 3.63) is 23.9 Å². The minimum atomic E-state index is -0.503. The summed E-state index contributed by atoms with van der Waals surface area (Å²) in [6, 6.07) is 3.29. The quantitative estimate of drug-likeness (QED) is 0.514. The lowest BCUT2D eigenvalue weighted by Gasteiger charge is -2.06. The van der Waals surface area contributed by atoms with Gasteiger partial charge in [-0.3, -0.25) is 4.79 Å². The molecular weight excluding hydrogens is 250 g/mol. The number of esters is 1. The van der Waals surface area contributed by atoms with E-state index in [-0.39, 0.29) is 6.61 Å². The first-order valence-electron chi connectivity index (χ1n) is 5.86. The molecule has 0 aliphatic carbocycles. The van der Waals surface area contributed by atoms with E-state index in [1.807, 2.05) is 0 Å². The first-order chi connectivity index (χ1) is 9.13. The van der Waals surface area contributed by atoms with Crippen molar-refractivity contribution in [1.29, 1.82) is 0 Å². The van der Waals surface area contributed by atoms with Crippen molar-refractivity contribution < 1.29 is 19.1 Å². The number of hydrogen-bond donors (Lipinski definition) is 2.